The van der Waals surface area contributed by atoms with Crippen LogP contribution in [0.3, 0.4) is 0 Å². The number of aryl methyl sites for hydroxylation is 2. The standard InChI is InChI=1S/C19H22N2O3/c1-4-24-18-11-12(2)14(10-13(18)3)20-19(23)16-7-8-17(22)15-6-5-9-21(15)16/h5-6,9-11,16H,4,7-8H2,1-3H3,(H,20,23)/t16-/m1/s1. The van der Waals surface area contributed by atoms with Gasteiger partial charge in [-0.05, 0) is 62.6 Å². The Hall–Kier alpha value is -2.56. The molecule has 0 unspecified atom stereocenters. The van der Waals surface area contributed by atoms with Crippen molar-refractivity contribution in [2.45, 2.75) is 39.7 Å². The summed E-state index contributed by atoms with van der Waals surface area (Å²) in [7, 11) is 0. The summed E-state index contributed by atoms with van der Waals surface area (Å²) in [6.07, 6.45) is 2.73. The number of amides is 1. The average molecular weight is 326 g/mol. The van der Waals surface area contributed by atoms with Gasteiger partial charge in [0.2, 0.25) is 5.91 Å². The van der Waals surface area contributed by atoms with Crippen LogP contribution >= 0.6 is 0 Å². The van der Waals surface area contributed by atoms with Crippen LogP contribution in [0, 0.1) is 13.8 Å². The molecule has 0 radical (unpaired) electrons. The predicted octanol–water partition coefficient (Wildman–Crippen LogP) is 3.66. The van der Waals surface area contributed by atoms with Crippen molar-refractivity contribution in [1.82, 2.24) is 4.57 Å². The van der Waals surface area contributed by atoms with Gasteiger partial charge in [0.05, 0.1) is 12.3 Å². The van der Waals surface area contributed by atoms with E-state index in [1.54, 1.807) is 16.8 Å². The molecule has 3 rings (SSSR count). The third kappa shape index (κ3) is 2.94. The molecule has 5 heteroatoms. The van der Waals surface area contributed by atoms with E-state index < -0.39 is 0 Å². The molecule has 1 N–H and O–H groups in total. The fourth-order valence-electron chi connectivity index (χ4n) is 3.15. The van der Waals surface area contributed by atoms with Crippen molar-refractivity contribution in [2.75, 3.05) is 11.9 Å². The molecule has 0 saturated carbocycles. The smallest absolute Gasteiger partial charge is 0.247 e. The normalized spacial score (nSPS) is 16.6. The summed E-state index contributed by atoms with van der Waals surface area (Å²) in [5.74, 6) is 0.840. The number of benzene rings is 1. The summed E-state index contributed by atoms with van der Waals surface area (Å²) >= 11 is 0. The van der Waals surface area contributed by atoms with E-state index in [-0.39, 0.29) is 17.7 Å². The first-order valence-electron chi connectivity index (χ1n) is 8.26. The van der Waals surface area contributed by atoms with Crippen LogP contribution in [0.25, 0.3) is 0 Å². The SMILES string of the molecule is CCOc1cc(C)c(NC(=O)[C@H]2CCC(=O)c3cccn32)cc1C. The number of aromatic nitrogens is 1. The third-order valence-electron chi connectivity index (χ3n) is 4.43. The van der Waals surface area contributed by atoms with Crippen molar-refractivity contribution in [2.24, 2.45) is 0 Å². The highest BCUT2D eigenvalue weighted by atomic mass is 16.5. The van der Waals surface area contributed by atoms with Gasteiger partial charge in [-0.2, -0.15) is 0 Å². The molecule has 0 bridgehead atoms. The van der Waals surface area contributed by atoms with Crippen molar-refractivity contribution in [3.05, 3.63) is 47.3 Å². The molecule has 1 amide bonds. The lowest BCUT2D eigenvalue weighted by atomic mass is 10.0. The summed E-state index contributed by atoms with van der Waals surface area (Å²) in [6, 6.07) is 7.11. The monoisotopic (exact) mass is 326 g/mol. The van der Waals surface area contributed by atoms with Gasteiger partial charge in [-0.25, -0.2) is 0 Å². The lowest BCUT2D eigenvalue weighted by Crippen LogP contribution is -2.31. The highest BCUT2D eigenvalue weighted by Crippen LogP contribution is 2.29. The Morgan fingerprint density at radius 2 is 2.12 bits per heavy atom. The van der Waals surface area contributed by atoms with Gasteiger partial charge in [-0.1, -0.05) is 0 Å². The van der Waals surface area contributed by atoms with Gasteiger partial charge < -0.3 is 14.6 Å². The van der Waals surface area contributed by atoms with Gasteiger partial charge in [0.25, 0.3) is 0 Å². The minimum atomic E-state index is -0.348. The second kappa shape index (κ2) is 6.51. The number of hydrogen-bond acceptors (Lipinski definition) is 3. The molecule has 1 aliphatic rings. The highest BCUT2D eigenvalue weighted by molar-refractivity contribution is 6.00. The molecule has 24 heavy (non-hydrogen) atoms. The number of Topliss-reactive ketones (excluding diaryl/α,β-unsaturated/α-hetero) is 1. The van der Waals surface area contributed by atoms with Crippen LogP contribution in [0.2, 0.25) is 0 Å². The Balaban J connectivity index is 1.83. The molecular formula is C19H22N2O3. The molecule has 0 fully saturated rings. The number of anilines is 1. The maximum atomic E-state index is 12.7. The first-order valence-corrected chi connectivity index (χ1v) is 8.26. The van der Waals surface area contributed by atoms with Gasteiger partial charge in [0.15, 0.2) is 5.78 Å². The van der Waals surface area contributed by atoms with Crippen LogP contribution in [-0.2, 0) is 4.79 Å². The Labute approximate surface area is 141 Å². The number of ketones is 1. The highest BCUT2D eigenvalue weighted by Gasteiger charge is 2.29. The first-order chi connectivity index (χ1) is 11.5. The zero-order chi connectivity index (χ0) is 17.3. The van der Waals surface area contributed by atoms with Gasteiger partial charge in [-0.15, -0.1) is 0 Å². The van der Waals surface area contributed by atoms with Gasteiger partial charge >= 0.3 is 0 Å². The van der Waals surface area contributed by atoms with Gasteiger partial charge in [0, 0.05) is 18.3 Å². The van der Waals surface area contributed by atoms with E-state index in [0.29, 0.717) is 25.1 Å². The molecule has 0 aliphatic carbocycles. The van der Waals surface area contributed by atoms with Crippen LogP contribution in [0.15, 0.2) is 30.5 Å². The van der Waals surface area contributed by atoms with E-state index in [9.17, 15) is 9.59 Å². The van der Waals surface area contributed by atoms with E-state index in [1.165, 1.54) is 0 Å². The van der Waals surface area contributed by atoms with E-state index in [0.717, 1.165) is 22.6 Å². The van der Waals surface area contributed by atoms with Crippen LogP contribution in [0.1, 0.15) is 47.4 Å². The topological polar surface area (TPSA) is 60.3 Å². The Morgan fingerprint density at radius 1 is 1.33 bits per heavy atom. The van der Waals surface area contributed by atoms with Crippen LogP contribution < -0.4 is 10.1 Å². The molecule has 1 aromatic carbocycles. The Morgan fingerprint density at radius 3 is 2.88 bits per heavy atom. The molecule has 2 aromatic rings. The zero-order valence-electron chi connectivity index (χ0n) is 14.3. The largest absolute Gasteiger partial charge is 0.494 e. The molecule has 1 aliphatic heterocycles. The van der Waals surface area contributed by atoms with Gasteiger partial charge in [-0.3, -0.25) is 9.59 Å². The number of carbonyl (C=O) groups is 2. The van der Waals surface area contributed by atoms with Crippen molar-refractivity contribution >= 4 is 17.4 Å². The van der Waals surface area contributed by atoms with Crippen LogP contribution in [0.4, 0.5) is 5.69 Å². The molecule has 2 heterocycles. The second-order valence-electron chi connectivity index (χ2n) is 6.13. The van der Waals surface area contributed by atoms with E-state index in [1.807, 2.05) is 39.0 Å². The van der Waals surface area contributed by atoms with E-state index in [4.69, 9.17) is 4.74 Å². The van der Waals surface area contributed by atoms with E-state index >= 15 is 0 Å². The number of rotatable bonds is 4. The summed E-state index contributed by atoms with van der Waals surface area (Å²) < 4.78 is 7.36. The second-order valence-corrected chi connectivity index (χ2v) is 6.13. The number of nitrogens with zero attached hydrogens (tertiary/aromatic N) is 1. The Bertz CT molecular complexity index is 792. The quantitative estimate of drug-likeness (QED) is 0.933. The average Bonchev–Trinajstić information content (AvgIpc) is 3.03. The zero-order valence-corrected chi connectivity index (χ0v) is 14.3. The molecule has 1 atom stereocenters. The third-order valence-corrected chi connectivity index (χ3v) is 4.43. The summed E-state index contributed by atoms with van der Waals surface area (Å²) in [5, 5.41) is 3.01. The lowest BCUT2D eigenvalue weighted by molar-refractivity contribution is -0.119. The minimum Gasteiger partial charge on any atom is -0.494 e. The molecule has 5 nitrogen and oxygen atoms in total. The number of hydrogen-bond donors (Lipinski definition) is 1. The summed E-state index contributed by atoms with van der Waals surface area (Å²) in [4.78, 5) is 24.6. The maximum Gasteiger partial charge on any atom is 0.247 e. The van der Waals surface area contributed by atoms with Crippen molar-refractivity contribution < 1.29 is 14.3 Å². The summed E-state index contributed by atoms with van der Waals surface area (Å²) in [6.45, 7) is 6.47. The predicted molar refractivity (Wildman–Crippen MR) is 92.7 cm³/mol. The van der Waals surface area contributed by atoms with Crippen LogP contribution in [0.5, 0.6) is 5.75 Å². The number of ether oxygens (including phenoxy) is 1. The van der Waals surface area contributed by atoms with E-state index in [2.05, 4.69) is 5.32 Å². The number of fused-ring (bicyclic) bond motifs is 1. The lowest BCUT2D eigenvalue weighted by Gasteiger charge is -2.25. The fourth-order valence-corrected chi connectivity index (χ4v) is 3.15. The van der Waals surface area contributed by atoms with Gasteiger partial charge in [0.1, 0.15) is 11.8 Å². The molecule has 0 saturated heterocycles. The minimum absolute atomic E-state index is 0.0911. The summed E-state index contributed by atoms with van der Waals surface area (Å²) in [5.41, 5.74) is 3.34. The maximum absolute atomic E-state index is 12.7. The number of carbonyl (C=O) groups excluding carboxylic acids is 2. The fraction of sp³-hybridized carbons (Fsp3) is 0.368. The first kappa shape index (κ1) is 16.3. The molecular weight excluding hydrogens is 304 g/mol. The molecule has 1 aromatic heterocycles. The van der Waals surface area contributed by atoms with Crippen LogP contribution in [-0.4, -0.2) is 22.9 Å². The number of nitrogens with one attached hydrogen (secondary N) is 1. The molecule has 0 spiro atoms. The van der Waals surface area contributed by atoms with Crippen molar-refractivity contribution in [1.29, 1.82) is 0 Å². The Kier molecular flexibility index (Phi) is 4.42. The molecule has 126 valence electrons. The van der Waals surface area contributed by atoms with Crippen molar-refractivity contribution in [3.8, 4) is 5.75 Å². The van der Waals surface area contributed by atoms with Crippen molar-refractivity contribution in [3.63, 3.8) is 0 Å².